The number of hydrogen-bond donors (Lipinski definition) is 1. The van der Waals surface area contributed by atoms with Gasteiger partial charge in [-0.25, -0.2) is 4.39 Å². The van der Waals surface area contributed by atoms with Gasteiger partial charge in [0.1, 0.15) is 5.82 Å². The number of rotatable bonds is 4. The van der Waals surface area contributed by atoms with Crippen molar-refractivity contribution < 1.29 is 14.0 Å². The summed E-state index contributed by atoms with van der Waals surface area (Å²) >= 11 is 3.19. The van der Waals surface area contributed by atoms with Gasteiger partial charge in [-0.1, -0.05) is 15.9 Å². The molecule has 1 N–H and O–H groups in total. The summed E-state index contributed by atoms with van der Waals surface area (Å²) in [6.45, 7) is 3.45. The van der Waals surface area contributed by atoms with E-state index in [0.717, 1.165) is 51.9 Å². The molecule has 0 atom stereocenters. The van der Waals surface area contributed by atoms with Crippen LogP contribution in [0.2, 0.25) is 0 Å². The Morgan fingerprint density at radius 2 is 1.84 bits per heavy atom. The van der Waals surface area contributed by atoms with Crippen molar-refractivity contribution in [3.63, 3.8) is 0 Å². The molecular formula is C18H23BrFN3O2. The van der Waals surface area contributed by atoms with Crippen LogP contribution in [0.15, 0.2) is 22.7 Å². The summed E-state index contributed by atoms with van der Waals surface area (Å²) in [5, 5.41) is 2.61. The van der Waals surface area contributed by atoms with E-state index in [9.17, 15) is 14.0 Å². The molecule has 0 spiro atoms. The van der Waals surface area contributed by atoms with Gasteiger partial charge >= 0.3 is 0 Å². The maximum atomic E-state index is 13.8. The van der Waals surface area contributed by atoms with Gasteiger partial charge in [-0.2, -0.15) is 0 Å². The quantitative estimate of drug-likeness (QED) is 0.828. The van der Waals surface area contributed by atoms with E-state index in [1.165, 1.54) is 12.1 Å². The Bertz CT molecular complexity index is 641. The second kappa shape index (κ2) is 8.27. The number of benzene rings is 1. The van der Waals surface area contributed by atoms with Gasteiger partial charge in [0.15, 0.2) is 0 Å². The van der Waals surface area contributed by atoms with Crippen molar-refractivity contribution in [2.75, 3.05) is 38.0 Å². The maximum absolute atomic E-state index is 13.8. The second-order valence-electron chi connectivity index (χ2n) is 6.76. The highest BCUT2D eigenvalue weighted by Crippen LogP contribution is 2.22. The smallest absolute Gasteiger partial charge is 0.238 e. The summed E-state index contributed by atoms with van der Waals surface area (Å²) in [6.07, 6.45) is 3.79. The fourth-order valence-corrected chi connectivity index (χ4v) is 3.85. The minimum atomic E-state index is -0.461. The highest BCUT2D eigenvalue weighted by molar-refractivity contribution is 9.10. The predicted molar refractivity (Wildman–Crippen MR) is 97.7 cm³/mol. The zero-order valence-corrected chi connectivity index (χ0v) is 15.7. The lowest BCUT2D eigenvalue weighted by Gasteiger charge is -2.32. The molecule has 25 heavy (non-hydrogen) atoms. The van der Waals surface area contributed by atoms with Crippen molar-refractivity contribution in [3.05, 3.63) is 28.5 Å². The predicted octanol–water partition coefficient (Wildman–Crippen LogP) is 2.86. The summed E-state index contributed by atoms with van der Waals surface area (Å²) in [6, 6.07) is 4.55. The van der Waals surface area contributed by atoms with E-state index in [-0.39, 0.29) is 30.0 Å². The first kappa shape index (κ1) is 18.3. The highest BCUT2D eigenvalue weighted by Gasteiger charge is 2.30. The average molecular weight is 412 g/mol. The van der Waals surface area contributed by atoms with E-state index in [1.54, 1.807) is 6.07 Å². The standard InChI is InChI=1S/C18H23BrFN3O2/c19-14-3-4-16(15(20)11-14)21-17(24)12-22-9-5-13(6-10-22)18(25)23-7-1-2-8-23/h3-4,11,13H,1-2,5-10,12H2,(H,21,24). The van der Waals surface area contributed by atoms with E-state index >= 15 is 0 Å². The maximum Gasteiger partial charge on any atom is 0.238 e. The fraction of sp³-hybridized carbons (Fsp3) is 0.556. The Morgan fingerprint density at radius 1 is 1.16 bits per heavy atom. The van der Waals surface area contributed by atoms with Crippen LogP contribution >= 0.6 is 15.9 Å². The summed E-state index contributed by atoms with van der Waals surface area (Å²) in [7, 11) is 0. The Hall–Kier alpha value is -1.47. The minimum absolute atomic E-state index is 0.0846. The molecule has 2 amide bonds. The number of hydrogen-bond acceptors (Lipinski definition) is 3. The van der Waals surface area contributed by atoms with Crippen molar-refractivity contribution in [3.8, 4) is 0 Å². The molecule has 0 radical (unpaired) electrons. The Labute approximate surface area is 155 Å². The number of carbonyl (C=O) groups is 2. The van der Waals surface area contributed by atoms with Gasteiger partial charge in [0.25, 0.3) is 0 Å². The van der Waals surface area contributed by atoms with E-state index in [4.69, 9.17) is 0 Å². The summed E-state index contributed by atoms with van der Waals surface area (Å²) in [5.74, 6) is -0.331. The molecule has 2 fully saturated rings. The Morgan fingerprint density at radius 3 is 2.48 bits per heavy atom. The van der Waals surface area contributed by atoms with Crippen molar-refractivity contribution in [1.29, 1.82) is 0 Å². The lowest BCUT2D eigenvalue weighted by molar-refractivity contribution is -0.136. The molecule has 1 aromatic carbocycles. The van der Waals surface area contributed by atoms with Gasteiger partial charge in [0.05, 0.1) is 12.2 Å². The third-order valence-electron chi connectivity index (χ3n) is 4.93. The molecule has 1 aromatic rings. The second-order valence-corrected chi connectivity index (χ2v) is 7.67. The molecule has 3 rings (SSSR count). The zero-order valence-electron chi connectivity index (χ0n) is 14.1. The van der Waals surface area contributed by atoms with Crippen LogP contribution in [0.1, 0.15) is 25.7 Å². The molecule has 5 nitrogen and oxygen atoms in total. The number of likely N-dealkylation sites (tertiary alicyclic amines) is 2. The first-order valence-electron chi connectivity index (χ1n) is 8.79. The lowest BCUT2D eigenvalue weighted by Crippen LogP contribution is -2.43. The molecule has 2 saturated heterocycles. The van der Waals surface area contributed by atoms with E-state index in [0.29, 0.717) is 4.47 Å². The number of halogens is 2. The summed E-state index contributed by atoms with van der Waals surface area (Å²) in [4.78, 5) is 28.6. The fourth-order valence-electron chi connectivity index (χ4n) is 3.52. The van der Waals surface area contributed by atoms with Crippen molar-refractivity contribution in [1.82, 2.24) is 9.80 Å². The topological polar surface area (TPSA) is 52.7 Å². The zero-order chi connectivity index (χ0) is 17.8. The van der Waals surface area contributed by atoms with Crippen LogP contribution in [0.5, 0.6) is 0 Å². The minimum Gasteiger partial charge on any atom is -0.342 e. The van der Waals surface area contributed by atoms with Gasteiger partial charge in [-0.15, -0.1) is 0 Å². The van der Waals surface area contributed by atoms with Crippen LogP contribution in [0.4, 0.5) is 10.1 Å². The number of nitrogens with one attached hydrogen (secondary N) is 1. The SMILES string of the molecule is O=C(CN1CCC(C(=O)N2CCCC2)CC1)Nc1ccc(Br)cc1F. The van der Waals surface area contributed by atoms with Crippen LogP contribution in [-0.4, -0.2) is 54.3 Å². The van der Waals surface area contributed by atoms with Crippen molar-refractivity contribution in [2.24, 2.45) is 5.92 Å². The monoisotopic (exact) mass is 411 g/mol. The number of nitrogens with zero attached hydrogens (tertiary/aromatic N) is 2. The number of piperidine rings is 1. The molecule has 0 bridgehead atoms. The molecule has 0 unspecified atom stereocenters. The molecule has 7 heteroatoms. The highest BCUT2D eigenvalue weighted by atomic mass is 79.9. The van der Waals surface area contributed by atoms with Crippen LogP contribution in [0.3, 0.4) is 0 Å². The third kappa shape index (κ3) is 4.79. The number of amides is 2. The van der Waals surface area contributed by atoms with Crippen LogP contribution in [-0.2, 0) is 9.59 Å². The van der Waals surface area contributed by atoms with E-state index < -0.39 is 5.82 Å². The molecule has 0 aliphatic carbocycles. The van der Waals surface area contributed by atoms with Crippen molar-refractivity contribution in [2.45, 2.75) is 25.7 Å². The van der Waals surface area contributed by atoms with E-state index in [1.807, 2.05) is 9.80 Å². The van der Waals surface area contributed by atoms with Gasteiger partial charge in [0, 0.05) is 23.5 Å². The van der Waals surface area contributed by atoms with Crippen LogP contribution in [0.25, 0.3) is 0 Å². The summed E-state index contributed by atoms with van der Waals surface area (Å²) < 4.78 is 14.4. The van der Waals surface area contributed by atoms with Gasteiger partial charge in [-0.05, 0) is 57.0 Å². The lowest BCUT2D eigenvalue weighted by atomic mass is 9.95. The van der Waals surface area contributed by atoms with Crippen molar-refractivity contribution >= 4 is 33.4 Å². The Balaban J connectivity index is 1.45. The number of carbonyl (C=O) groups excluding carboxylic acids is 2. The molecule has 2 aliphatic heterocycles. The summed E-state index contributed by atoms with van der Waals surface area (Å²) in [5.41, 5.74) is 0.187. The van der Waals surface area contributed by atoms with Gasteiger partial charge in [-0.3, -0.25) is 14.5 Å². The average Bonchev–Trinajstić information content (AvgIpc) is 3.12. The molecular weight excluding hydrogens is 389 g/mol. The normalized spacial score (nSPS) is 19.2. The number of anilines is 1. The van der Waals surface area contributed by atoms with Crippen LogP contribution in [0, 0.1) is 11.7 Å². The van der Waals surface area contributed by atoms with E-state index in [2.05, 4.69) is 21.2 Å². The van der Waals surface area contributed by atoms with Gasteiger partial charge in [0.2, 0.25) is 11.8 Å². The first-order valence-corrected chi connectivity index (χ1v) is 9.58. The first-order chi connectivity index (χ1) is 12.0. The molecule has 2 aliphatic rings. The molecule has 0 aromatic heterocycles. The van der Waals surface area contributed by atoms with Crippen LogP contribution < -0.4 is 5.32 Å². The largest absolute Gasteiger partial charge is 0.342 e. The van der Waals surface area contributed by atoms with Gasteiger partial charge < -0.3 is 10.2 Å². The third-order valence-corrected chi connectivity index (χ3v) is 5.42. The molecule has 2 heterocycles. The molecule has 0 saturated carbocycles. The Kier molecular flexibility index (Phi) is 6.06. The molecule has 136 valence electrons.